The van der Waals surface area contributed by atoms with Gasteiger partial charge in [0.2, 0.25) is 5.91 Å². The molecule has 2 aromatic rings. The normalized spacial score (nSPS) is 20.8. The monoisotopic (exact) mass is 499 g/mol. The number of carbonyl (C=O) groups is 2. The Hall–Kier alpha value is -3.61. The number of amides is 2. The summed E-state index contributed by atoms with van der Waals surface area (Å²) in [6.45, 7) is 3.64. The largest absolute Gasteiger partial charge is 0.417 e. The average Bonchev–Trinajstić information content (AvgIpc) is 3.33. The molecule has 2 amide bonds. The second kappa shape index (κ2) is 10.2. The van der Waals surface area contributed by atoms with Crippen molar-refractivity contribution in [2.75, 3.05) is 38.1 Å². The molecule has 0 radical (unpaired) electrons. The van der Waals surface area contributed by atoms with Crippen LogP contribution in [0.5, 0.6) is 0 Å². The number of carbonyl (C=O) groups excluding carboxylic acids is 2. The maximum absolute atomic E-state index is 13.5. The van der Waals surface area contributed by atoms with Gasteiger partial charge >= 0.3 is 6.18 Å². The van der Waals surface area contributed by atoms with Crippen LogP contribution in [-0.4, -0.2) is 54.9 Å². The van der Waals surface area contributed by atoms with E-state index in [-0.39, 0.29) is 29.6 Å². The van der Waals surface area contributed by atoms with Crippen molar-refractivity contribution in [3.8, 4) is 6.07 Å². The zero-order valence-corrected chi connectivity index (χ0v) is 20.2. The number of anilines is 1. The second-order valence-corrected chi connectivity index (χ2v) is 9.43. The van der Waals surface area contributed by atoms with Gasteiger partial charge in [-0.25, -0.2) is 0 Å². The van der Waals surface area contributed by atoms with Gasteiger partial charge in [0, 0.05) is 45.1 Å². The fourth-order valence-electron chi connectivity index (χ4n) is 5.43. The number of rotatable bonds is 4. The number of aryl methyl sites for hydroxylation is 1. The Morgan fingerprint density at radius 1 is 1.17 bits per heavy atom. The smallest absolute Gasteiger partial charge is 0.370 e. The highest BCUT2D eigenvalue weighted by Crippen LogP contribution is 2.40. The van der Waals surface area contributed by atoms with Gasteiger partial charge in [-0.05, 0) is 61.4 Å². The lowest BCUT2D eigenvalue weighted by molar-refractivity contribution is -0.137. The number of alkyl halides is 3. The Labute approximate surface area is 207 Å². The predicted molar refractivity (Wildman–Crippen MR) is 127 cm³/mol. The molecule has 2 atom stereocenters. The number of piperidine rings is 1. The highest BCUT2D eigenvalue weighted by atomic mass is 19.4. The zero-order valence-electron chi connectivity index (χ0n) is 20.2. The van der Waals surface area contributed by atoms with E-state index in [1.165, 1.54) is 12.1 Å². The number of pyridine rings is 1. The minimum Gasteiger partial charge on any atom is -0.370 e. The van der Waals surface area contributed by atoms with Crippen molar-refractivity contribution in [1.29, 1.82) is 5.26 Å². The Balaban J connectivity index is 1.51. The minimum atomic E-state index is -4.65. The Bertz CT molecular complexity index is 1180. The molecule has 2 aliphatic rings. The minimum absolute atomic E-state index is 0.0660. The van der Waals surface area contributed by atoms with Crippen LogP contribution in [0, 0.1) is 36.0 Å². The van der Waals surface area contributed by atoms with Gasteiger partial charge in [-0.1, -0.05) is 6.07 Å². The summed E-state index contributed by atoms with van der Waals surface area (Å²) in [5, 5.41) is 11.8. The molecule has 4 rings (SSSR count). The molecule has 1 aromatic carbocycles. The van der Waals surface area contributed by atoms with E-state index in [0.29, 0.717) is 50.4 Å². The van der Waals surface area contributed by atoms with Crippen LogP contribution in [0.1, 0.15) is 40.0 Å². The SMILES string of the molecule is CNC(=O)[C@@H]1CN(c2ccc(C#N)c(C(F)(F)F)c2)C[C@H]1C1CCN(C(=O)c2ncccc2C)CC1. The third-order valence-corrected chi connectivity index (χ3v) is 7.39. The summed E-state index contributed by atoms with van der Waals surface area (Å²) in [5.74, 6) is -0.560. The van der Waals surface area contributed by atoms with Crippen LogP contribution in [-0.2, 0) is 11.0 Å². The van der Waals surface area contributed by atoms with Crippen molar-refractivity contribution in [2.24, 2.45) is 17.8 Å². The molecule has 1 aromatic heterocycles. The zero-order chi connectivity index (χ0) is 26.0. The summed E-state index contributed by atoms with van der Waals surface area (Å²) >= 11 is 0. The molecule has 190 valence electrons. The first kappa shape index (κ1) is 25.5. The predicted octanol–water partition coefficient (Wildman–Crippen LogP) is 3.63. The molecule has 0 aliphatic carbocycles. The van der Waals surface area contributed by atoms with Gasteiger partial charge < -0.3 is 15.1 Å². The fraction of sp³-hybridized carbons (Fsp3) is 0.462. The number of likely N-dealkylation sites (tertiary alicyclic amines) is 1. The van der Waals surface area contributed by atoms with E-state index in [2.05, 4.69) is 10.3 Å². The Morgan fingerprint density at radius 3 is 2.50 bits per heavy atom. The summed E-state index contributed by atoms with van der Waals surface area (Å²) in [7, 11) is 1.56. The number of benzene rings is 1. The van der Waals surface area contributed by atoms with Crippen molar-refractivity contribution in [3.63, 3.8) is 0 Å². The number of nitrogens with one attached hydrogen (secondary N) is 1. The topological polar surface area (TPSA) is 89.3 Å². The number of nitriles is 1. The average molecular weight is 500 g/mol. The lowest BCUT2D eigenvalue weighted by Crippen LogP contribution is -2.43. The molecule has 7 nitrogen and oxygen atoms in total. The number of hydrogen-bond acceptors (Lipinski definition) is 5. The van der Waals surface area contributed by atoms with Crippen LogP contribution in [0.3, 0.4) is 0 Å². The fourth-order valence-corrected chi connectivity index (χ4v) is 5.43. The lowest BCUT2D eigenvalue weighted by Gasteiger charge is -2.36. The van der Waals surface area contributed by atoms with Crippen molar-refractivity contribution in [2.45, 2.75) is 25.9 Å². The molecule has 0 unspecified atom stereocenters. The first-order valence-corrected chi connectivity index (χ1v) is 11.9. The summed E-state index contributed by atoms with van der Waals surface area (Å²) in [4.78, 5) is 33.5. The molecule has 2 aliphatic heterocycles. The summed E-state index contributed by atoms with van der Waals surface area (Å²) in [6.07, 6.45) is -1.65. The number of hydrogen-bond donors (Lipinski definition) is 1. The molecular formula is C26H28F3N5O2. The number of aromatic nitrogens is 1. The van der Waals surface area contributed by atoms with Gasteiger partial charge in [0.15, 0.2) is 0 Å². The van der Waals surface area contributed by atoms with Gasteiger partial charge in [-0.15, -0.1) is 0 Å². The summed E-state index contributed by atoms with van der Waals surface area (Å²) in [6, 6.07) is 8.93. The highest BCUT2D eigenvalue weighted by Gasteiger charge is 2.43. The van der Waals surface area contributed by atoms with Crippen LogP contribution in [0.15, 0.2) is 36.5 Å². The van der Waals surface area contributed by atoms with Gasteiger partial charge in [-0.2, -0.15) is 18.4 Å². The third kappa shape index (κ3) is 5.01. The van der Waals surface area contributed by atoms with Crippen LogP contribution >= 0.6 is 0 Å². The molecule has 0 spiro atoms. The molecule has 1 N–H and O–H groups in total. The van der Waals surface area contributed by atoms with Crippen molar-refractivity contribution < 1.29 is 22.8 Å². The van der Waals surface area contributed by atoms with Crippen LogP contribution in [0.25, 0.3) is 0 Å². The molecule has 2 saturated heterocycles. The van der Waals surface area contributed by atoms with Crippen LogP contribution < -0.4 is 10.2 Å². The summed E-state index contributed by atoms with van der Waals surface area (Å²) < 4.78 is 40.5. The van der Waals surface area contributed by atoms with Gasteiger partial charge in [-0.3, -0.25) is 14.6 Å². The molecule has 3 heterocycles. The first-order valence-electron chi connectivity index (χ1n) is 11.9. The van der Waals surface area contributed by atoms with Gasteiger partial charge in [0.25, 0.3) is 5.91 Å². The van der Waals surface area contributed by atoms with E-state index in [1.54, 1.807) is 35.2 Å². The molecule has 0 bridgehead atoms. The van der Waals surface area contributed by atoms with E-state index in [4.69, 9.17) is 5.26 Å². The third-order valence-electron chi connectivity index (χ3n) is 7.39. The van der Waals surface area contributed by atoms with E-state index in [0.717, 1.165) is 11.6 Å². The van der Waals surface area contributed by atoms with Gasteiger partial charge in [0.1, 0.15) is 5.69 Å². The quantitative estimate of drug-likeness (QED) is 0.694. The maximum Gasteiger partial charge on any atom is 0.417 e. The standard InChI is InChI=1S/C26H28F3N5O2/c1-16-4-3-9-32-23(16)25(36)33-10-7-17(8-11-33)20-14-34(15-21(20)24(35)31-2)19-6-5-18(13-30)22(12-19)26(27,28)29/h3-6,9,12,17,20-21H,7-8,10-11,14-15H2,1-2H3,(H,31,35)/t20-,21+/m0/s1. The van der Waals surface area contributed by atoms with E-state index < -0.39 is 17.3 Å². The molecule has 10 heteroatoms. The molecule has 36 heavy (non-hydrogen) atoms. The second-order valence-electron chi connectivity index (χ2n) is 9.43. The lowest BCUT2D eigenvalue weighted by atomic mass is 9.78. The van der Waals surface area contributed by atoms with E-state index >= 15 is 0 Å². The Kier molecular flexibility index (Phi) is 7.20. The number of nitrogens with zero attached hydrogens (tertiary/aromatic N) is 4. The van der Waals surface area contributed by atoms with Crippen molar-refractivity contribution in [3.05, 3.63) is 58.9 Å². The van der Waals surface area contributed by atoms with Crippen LogP contribution in [0.4, 0.5) is 18.9 Å². The van der Waals surface area contributed by atoms with E-state index in [9.17, 15) is 22.8 Å². The first-order chi connectivity index (χ1) is 17.1. The number of halogens is 3. The van der Waals surface area contributed by atoms with Crippen molar-refractivity contribution in [1.82, 2.24) is 15.2 Å². The highest BCUT2D eigenvalue weighted by molar-refractivity contribution is 5.93. The van der Waals surface area contributed by atoms with Gasteiger partial charge in [0.05, 0.1) is 23.1 Å². The molecular weight excluding hydrogens is 471 g/mol. The van der Waals surface area contributed by atoms with Crippen LogP contribution in [0.2, 0.25) is 0 Å². The molecule has 2 fully saturated rings. The van der Waals surface area contributed by atoms with E-state index in [1.807, 2.05) is 13.0 Å². The summed E-state index contributed by atoms with van der Waals surface area (Å²) in [5.41, 5.74) is 0.198. The Morgan fingerprint density at radius 2 is 1.89 bits per heavy atom. The molecule has 0 saturated carbocycles. The maximum atomic E-state index is 13.5. The van der Waals surface area contributed by atoms with Crippen molar-refractivity contribution >= 4 is 17.5 Å².